The summed E-state index contributed by atoms with van der Waals surface area (Å²) in [5, 5.41) is 10.7. The third kappa shape index (κ3) is 3.03. The first-order valence-corrected chi connectivity index (χ1v) is 6.29. The van der Waals surface area contributed by atoms with Crippen molar-refractivity contribution in [1.29, 1.82) is 0 Å². The van der Waals surface area contributed by atoms with Crippen LogP contribution in [-0.4, -0.2) is 14.9 Å². The lowest BCUT2D eigenvalue weighted by atomic mass is 10.0. The predicted octanol–water partition coefficient (Wildman–Crippen LogP) is 3.95. The monoisotopic (exact) mass is 293 g/mol. The Morgan fingerprint density at radius 1 is 1.25 bits per heavy atom. The van der Waals surface area contributed by atoms with E-state index in [0.717, 1.165) is 11.9 Å². The standard InChI is InChI=1S/C13H12ClN3O3/c1-8(2)9-3-5-10(6-4-9)20-13-11(17(18)19)12(14)15-7-16-13/h3-8H,1-2H3. The van der Waals surface area contributed by atoms with Crippen molar-refractivity contribution >= 4 is 17.3 Å². The number of benzene rings is 1. The Balaban J connectivity index is 2.30. The molecule has 0 N–H and O–H groups in total. The van der Waals surface area contributed by atoms with Crippen LogP contribution in [0.4, 0.5) is 5.69 Å². The molecule has 6 nitrogen and oxygen atoms in total. The zero-order valence-electron chi connectivity index (χ0n) is 10.9. The predicted molar refractivity (Wildman–Crippen MR) is 74.3 cm³/mol. The lowest BCUT2D eigenvalue weighted by Gasteiger charge is -2.08. The Morgan fingerprint density at radius 3 is 2.45 bits per heavy atom. The normalized spacial score (nSPS) is 10.6. The average Bonchev–Trinajstić information content (AvgIpc) is 2.39. The van der Waals surface area contributed by atoms with Crippen molar-refractivity contribution in [2.24, 2.45) is 0 Å². The van der Waals surface area contributed by atoms with E-state index in [1.54, 1.807) is 12.1 Å². The molecule has 2 rings (SSSR count). The molecule has 0 fully saturated rings. The molecule has 0 radical (unpaired) electrons. The van der Waals surface area contributed by atoms with E-state index in [4.69, 9.17) is 16.3 Å². The fraction of sp³-hybridized carbons (Fsp3) is 0.231. The second-order valence-corrected chi connectivity index (χ2v) is 4.76. The first-order valence-electron chi connectivity index (χ1n) is 5.91. The number of nitro groups is 1. The summed E-state index contributed by atoms with van der Waals surface area (Å²) in [6, 6.07) is 7.26. The molecule has 20 heavy (non-hydrogen) atoms. The minimum atomic E-state index is -0.667. The van der Waals surface area contributed by atoms with Gasteiger partial charge in [-0.3, -0.25) is 10.1 Å². The molecule has 1 aromatic heterocycles. The van der Waals surface area contributed by atoms with Gasteiger partial charge in [0.1, 0.15) is 12.1 Å². The van der Waals surface area contributed by atoms with Crippen LogP contribution in [0.2, 0.25) is 5.15 Å². The molecular formula is C13H12ClN3O3. The van der Waals surface area contributed by atoms with Crippen molar-refractivity contribution in [1.82, 2.24) is 9.97 Å². The minimum Gasteiger partial charge on any atom is -0.434 e. The molecule has 2 aromatic rings. The van der Waals surface area contributed by atoms with E-state index < -0.39 is 10.6 Å². The third-order valence-electron chi connectivity index (χ3n) is 2.69. The maximum atomic E-state index is 10.9. The Labute approximate surface area is 120 Å². The van der Waals surface area contributed by atoms with Crippen molar-refractivity contribution in [3.63, 3.8) is 0 Å². The molecule has 0 spiro atoms. The van der Waals surface area contributed by atoms with Gasteiger partial charge in [-0.15, -0.1) is 0 Å². The van der Waals surface area contributed by atoms with Gasteiger partial charge in [0.05, 0.1) is 4.92 Å². The van der Waals surface area contributed by atoms with Crippen molar-refractivity contribution in [3.05, 3.63) is 51.4 Å². The summed E-state index contributed by atoms with van der Waals surface area (Å²) >= 11 is 5.68. The zero-order valence-corrected chi connectivity index (χ0v) is 11.7. The summed E-state index contributed by atoms with van der Waals surface area (Å²) in [7, 11) is 0. The van der Waals surface area contributed by atoms with E-state index in [2.05, 4.69) is 23.8 Å². The molecule has 7 heteroatoms. The summed E-state index contributed by atoms with van der Waals surface area (Å²) in [6.45, 7) is 4.15. The van der Waals surface area contributed by atoms with Crippen LogP contribution >= 0.6 is 11.6 Å². The van der Waals surface area contributed by atoms with Crippen LogP contribution in [0, 0.1) is 10.1 Å². The van der Waals surface area contributed by atoms with Gasteiger partial charge in [0.2, 0.25) is 5.15 Å². The van der Waals surface area contributed by atoms with Crippen LogP contribution in [0.1, 0.15) is 25.3 Å². The molecule has 0 aliphatic heterocycles. The van der Waals surface area contributed by atoms with Crippen molar-refractivity contribution in [2.75, 3.05) is 0 Å². The van der Waals surface area contributed by atoms with Gasteiger partial charge in [-0.1, -0.05) is 37.6 Å². The largest absolute Gasteiger partial charge is 0.434 e. The van der Waals surface area contributed by atoms with E-state index in [-0.39, 0.29) is 11.0 Å². The van der Waals surface area contributed by atoms with Crippen molar-refractivity contribution in [2.45, 2.75) is 19.8 Å². The summed E-state index contributed by atoms with van der Waals surface area (Å²) in [4.78, 5) is 17.6. The van der Waals surface area contributed by atoms with E-state index in [1.165, 1.54) is 0 Å². The van der Waals surface area contributed by atoms with Crippen molar-refractivity contribution in [3.8, 4) is 11.6 Å². The molecule has 0 amide bonds. The maximum absolute atomic E-state index is 10.9. The summed E-state index contributed by atoms with van der Waals surface area (Å²) in [5.41, 5.74) is 0.703. The first kappa shape index (κ1) is 14.2. The van der Waals surface area contributed by atoms with E-state index >= 15 is 0 Å². The van der Waals surface area contributed by atoms with Gasteiger partial charge < -0.3 is 4.74 Å². The smallest absolute Gasteiger partial charge is 0.368 e. The number of halogens is 1. The average molecular weight is 294 g/mol. The molecule has 0 aliphatic carbocycles. The lowest BCUT2D eigenvalue weighted by Crippen LogP contribution is -1.98. The number of ether oxygens (including phenoxy) is 1. The van der Waals surface area contributed by atoms with Crippen molar-refractivity contribution < 1.29 is 9.66 Å². The Kier molecular flexibility index (Phi) is 4.14. The van der Waals surface area contributed by atoms with Crippen LogP contribution < -0.4 is 4.74 Å². The summed E-state index contributed by atoms with van der Waals surface area (Å²) in [6.07, 6.45) is 1.12. The molecule has 0 saturated heterocycles. The van der Waals surface area contributed by atoms with Gasteiger partial charge in [-0.05, 0) is 23.6 Å². The Bertz CT molecular complexity index is 629. The lowest BCUT2D eigenvalue weighted by molar-refractivity contribution is -0.386. The highest BCUT2D eigenvalue weighted by atomic mass is 35.5. The topological polar surface area (TPSA) is 78.2 Å². The minimum absolute atomic E-state index is 0.174. The number of nitrogens with zero attached hydrogens (tertiary/aromatic N) is 3. The molecule has 1 aromatic carbocycles. The Hall–Kier alpha value is -2.21. The maximum Gasteiger partial charge on any atom is 0.368 e. The molecule has 0 atom stereocenters. The highest BCUT2D eigenvalue weighted by Gasteiger charge is 2.23. The second-order valence-electron chi connectivity index (χ2n) is 4.40. The molecule has 0 aliphatic rings. The number of rotatable bonds is 4. The van der Waals surface area contributed by atoms with Crippen LogP contribution in [0.25, 0.3) is 0 Å². The molecular weight excluding hydrogens is 282 g/mol. The van der Waals surface area contributed by atoms with Crippen LogP contribution in [-0.2, 0) is 0 Å². The molecule has 104 valence electrons. The summed E-state index contributed by atoms with van der Waals surface area (Å²) < 4.78 is 5.41. The molecule has 0 unspecified atom stereocenters. The first-order chi connectivity index (χ1) is 9.49. The second kappa shape index (κ2) is 5.83. The number of hydrogen-bond donors (Lipinski definition) is 0. The highest BCUT2D eigenvalue weighted by Crippen LogP contribution is 2.33. The van der Waals surface area contributed by atoms with Gasteiger partial charge in [0.15, 0.2) is 0 Å². The molecule has 0 saturated carbocycles. The highest BCUT2D eigenvalue weighted by molar-refractivity contribution is 6.31. The van der Waals surface area contributed by atoms with Crippen LogP contribution in [0.3, 0.4) is 0 Å². The van der Waals surface area contributed by atoms with Crippen LogP contribution in [0.5, 0.6) is 11.6 Å². The van der Waals surface area contributed by atoms with Gasteiger partial charge in [-0.25, -0.2) is 4.98 Å². The quantitative estimate of drug-likeness (QED) is 0.484. The van der Waals surface area contributed by atoms with E-state index in [0.29, 0.717) is 11.7 Å². The van der Waals surface area contributed by atoms with Gasteiger partial charge in [-0.2, -0.15) is 4.98 Å². The van der Waals surface area contributed by atoms with Crippen LogP contribution in [0.15, 0.2) is 30.6 Å². The molecule has 1 heterocycles. The van der Waals surface area contributed by atoms with Gasteiger partial charge >= 0.3 is 11.6 Å². The summed E-state index contributed by atoms with van der Waals surface area (Å²) in [5.74, 6) is 0.673. The SMILES string of the molecule is CC(C)c1ccc(Oc2ncnc(Cl)c2[N+](=O)[O-])cc1. The Morgan fingerprint density at radius 2 is 1.90 bits per heavy atom. The fourth-order valence-electron chi connectivity index (χ4n) is 1.60. The zero-order chi connectivity index (χ0) is 14.7. The van der Waals surface area contributed by atoms with E-state index in [9.17, 15) is 10.1 Å². The molecule has 0 bridgehead atoms. The van der Waals surface area contributed by atoms with Gasteiger partial charge in [0, 0.05) is 0 Å². The van der Waals surface area contributed by atoms with Gasteiger partial charge in [0.25, 0.3) is 0 Å². The third-order valence-corrected chi connectivity index (χ3v) is 2.96. The van der Waals surface area contributed by atoms with E-state index in [1.807, 2.05) is 12.1 Å². The fourth-order valence-corrected chi connectivity index (χ4v) is 1.80. The number of aromatic nitrogens is 2. The number of hydrogen-bond acceptors (Lipinski definition) is 5.